The van der Waals surface area contributed by atoms with E-state index in [0.717, 1.165) is 5.56 Å². The Morgan fingerprint density at radius 3 is 1.94 bits per heavy atom. The van der Waals surface area contributed by atoms with Crippen LogP contribution in [0.4, 0.5) is 10.1 Å². The van der Waals surface area contributed by atoms with Gasteiger partial charge in [-0.15, -0.1) is 0 Å². The van der Waals surface area contributed by atoms with E-state index in [2.05, 4.69) is 10.3 Å². The van der Waals surface area contributed by atoms with E-state index in [1.54, 1.807) is 24.3 Å². The SMILES string of the molecule is CC(C)c1c(C(=O)Nc2ccccc2)c(-c2ccccc2)c(-c2ccc(F)cc2)n1CC[C@@H](O)C[C@@H](O)CC([O-])=NCC[C@@H](O)C[C@@H](O)CC(=O)O.[Na+]. The van der Waals surface area contributed by atoms with Crippen molar-refractivity contribution in [3.8, 4) is 22.4 Å². The maximum Gasteiger partial charge on any atom is 1.00 e. The van der Waals surface area contributed by atoms with E-state index < -0.39 is 48.5 Å². The topological polar surface area (TPSA) is 188 Å². The normalized spacial score (nSPS) is 13.9. The van der Waals surface area contributed by atoms with Crippen LogP contribution in [0.5, 0.6) is 0 Å². The minimum absolute atomic E-state index is 0. The molecule has 0 aliphatic heterocycles. The molecule has 0 unspecified atom stereocenters. The van der Waals surface area contributed by atoms with Crippen molar-refractivity contribution in [1.82, 2.24) is 4.57 Å². The number of hydrogen-bond donors (Lipinski definition) is 6. The molecule has 0 saturated carbocycles. The Morgan fingerprint density at radius 2 is 1.36 bits per heavy atom. The molecule has 0 aliphatic rings. The summed E-state index contributed by atoms with van der Waals surface area (Å²) < 4.78 is 16.1. The molecule has 3 aromatic carbocycles. The van der Waals surface area contributed by atoms with E-state index in [1.807, 2.05) is 66.9 Å². The average Bonchev–Trinajstić information content (AvgIpc) is 3.43. The summed E-state index contributed by atoms with van der Waals surface area (Å²) in [5, 5.41) is 65.5. The van der Waals surface area contributed by atoms with Crippen LogP contribution in [0.3, 0.4) is 0 Å². The Morgan fingerprint density at radius 1 is 0.792 bits per heavy atom. The van der Waals surface area contributed by atoms with Gasteiger partial charge in [-0.3, -0.25) is 9.59 Å². The molecule has 4 rings (SSSR count). The number of aliphatic imine (C=N–C) groups is 1. The quantitative estimate of drug-likeness (QED) is 0.0479. The number of aliphatic hydroxyl groups excluding tert-OH is 4. The van der Waals surface area contributed by atoms with E-state index in [4.69, 9.17) is 5.11 Å². The van der Waals surface area contributed by atoms with Crippen LogP contribution in [-0.4, -0.2) is 78.8 Å². The number of carbonyl (C=O) groups excluding carboxylic acids is 1. The smallest absolute Gasteiger partial charge is 0.862 e. The maximum absolute atomic E-state index is 14.2. The van der Waals surface area contributed by atoms with E-state index in [1.165, 1.54) is 12.1 Å². The van der Waals surface area contributed by atoms with Gasteiger partial charge >= 0.3 is 35.5 Å². The molecule has 1 aromatic heterocycles. The summed E-state index contributed by atoms with van der Waals surface area (Å²) >= 11 is 0. The zero-order valence-corrected chi connectivity index (χ0v) is 32.4. The number of nitrogens with one attached hydrogen (secondary N) is 1. The van der Waals surface area contributed by atoms with Crippen molar-refractivity contribution in [2.24, 2.45) is 4.99 Å². The van der Waals surface area contributed by atoms with Gasteiger partial charge in [0.1, 0.15) is 5.82 Å². The number of carboxylic acid groups (broad SMARTS) is 1. The first-order valence-electron chi connectivity index (χ1n) is 17.4. The molecule has 4 atom stereocenters. The second-order valence-electron chi connectivity index (χ2n) is 13.2. The van der Waals surface area contributed by atoms with Gasteiger partial charge in [-0.2, -0.15) is 0 Å². The molecule has 13 heteroatoms. The Balaban J connectivity index is 0.00000756. The third kappa shape index (κ3) is 12.9. The third-order valence-corrected chi connectivity index (χ3v) is 8.63. The first kappa shape index (κ1) is 43.5. The molecule has 1 amide bonds. The van der Waals surface area contributed by atoms with Crippen molar-refractivity contribution in [2.45, 2.75) is 89.3 Å². The standard InChI is InChI=1S/C40H48FN3O8.Na/c1-25(2)38-37(40(52)43-29-11-7-4-8-12-29)36(26-9-5-3-6-10-26)39(27-13-15-28(41)16-14-27)44(38)20-18-31(46)22-32(47)23-34(49)42-19-17-30(45)21-33(48)24-35(50)51;/h3-16,25,30-33,45-48H,17-24H2,1-2H3,(H,42,49)(H,43,52)(H,50,51);/q;+1/p-1/t30-,31-,32-,33-;/m1./s1. The van der Waals surface area contributed by atoms with Crippen molar-refractivity contribution in [3.63, 3.8) is 0 Å². The summed E-state index contributed by atoms with van der Waals surface area (Å²) in [6.07, 6.45) is -5.46. The zero-order valence-electron chi connectivity index (χ0n) is 30.4. The van der Waals surface area contributed by atoms with Gasteiger partial charge in [-0.25, -0.2) is 4.39 Å². The minimum atomic E-state index is -1.22. The summed E-state index contributed by atoms with van der Waals surface area (Å²) in [5.41, 5.74) is 4.57. The van der Waals surface area contributed by atoms with Crippen molar-refractivity contribution in [1.29, 1.82) is 0 Å². The van der Waals surface area contributed by atoms with Crippen LogP contribution in [0.25, 0.3) is 22.4 Å². The summed E-state index contributed by atoms with van der Waals surface area (Å²) in [6.45, 7) is 4.11. The molecular weight excluding hydrogens is 692 g/mol. The fourth-order valence-corrected chi connectivity index (χ4v) is 6.32. The number of aliphatic carboxylic acids is 1. The van der Waals surface area contributed by atoms with Crippen LogP contribution in [0, 0.1) is 5.82 Å². The Labute approximate surface area is 331 Å². The summed E-state index contributed by atoms with van der Waals surface area (Å²) in [6, 6.07) is 24.6. The first-order chi connectivity index (χ1) is 24.8. The third-order valence-electron chi connectivity index (χ3n) is 8.63. The fraction of sp³-hybridized carbons (Fsp3) is 0.375. The Kier molecular flexibility index (Phi) is 17.3. The number of anilines is 1. The van der Waals surface area contributed by atoms with Crippen LogP contribution in [0.2, 0.25) is 0 Å². The van der Waals surface area contributed by atoms with Crippen molar-refractivity contribution in [2.75, 3.05) is 11.9 Å². The number of carboxylic acids is 1. The van der Waals surface area contributed by atoms with Crippen molar-refractivity contribution >= 4 is 23.5 Å². The van der Waals surface area contributed by atoms with Crippen LogP contribution in [-0.2, 0) is 11.3 Å². The van der Waals surface area contributed by atoms with E-state index in [9.17, 15) is 39.5 Å². The number of benzene rings is 3. The number of hydrogen-bond acceptors (Lipinski definition) is 8. The molecule has 0 fully saturated rings. The van der Waals surface area contributed by atoms with E-state index >= 15 is 0 Å². The minimum Gasteiger partial charge on any atom is -0.862 e. The number of carbonyl (C=O) groups is 2. The van der Waals surface area contributed by atoms with Gasteiger partial charge in [0.25, 0.3) is 5.91 Å². The van der Waals surface area contributed by atoms with Gasteiger partial charge in [-0.05, 0) is 85.0 Å². The largest absolute Gasteiger partial charge is 1.00 e. The molecule has 4 aromatic rings. The Hall–Kier alpha value is -3.88. The van der Waals surface area contributed by atoms with E-state index in [0.29, 0.717) is 33.8 Å². The van der Waals surface area contributed by atoms with Gasteiger partial charge in [0, 0.05) is 36.5 Å². The number of amides is 1. The Bertz CT molecular complexity index is 1790. The molecule has 0 saturated heterocycles. The van der Waals surface area contributed by atoms with Gasteiger partial charge in [0.2, 0.25) is 0 Å². The second-order valence-corrected chi connectivity index (χ2v) is 13.2. The number of aromatic nitrogens is 1. The first-order valence-corrected chi connectivity index (χ1v) is 17.4. The molecule has 1 heterocycles. The molecule has 0 aliphatic carbocycles. The number of nitrogens with zero attached hydrogens (tertiary/aromatic N) is 2. The van der Waals surface area contributed by atoms with Crippen LogP contribution >= 0.6 is 0 Å². The zero-order chi connectivity index (χ0) is 37.8. The van der Waals surface area contributed by atoms with Gasteiger partial charge in [0.15, 0.2) is 0 Å². The summed E-state index contributed by atoms with van der Waals surface area (Å²) in [5.74, 6) is -2.70. The van der Waals surface area contributed by atoms with Crippen LogP contribution < -0.4 is 40.0 Å². The van der Waals surface area contributed by atoms with Gasteiger partial charge < -0.3 is 45.5 Å². The van der Waals surface area contributed by atoms with E-state index in [-0.39, 0.29) is 86.6 Å². The van der Waals surface area contributed by atoms with Crippen molar-refractivity contribution in [3.05, 3.63) is 102 Å². The second kappa shape index (κ2) is 21.1. The predicted molar refractivity (Wildman–Crippen MR) is 195 cm³/mol. The molecule has 6 N–H and O–H groups in total. The molecule has 0 radical (unpaired) electrons. The number of aliphatic hydroxyl groups is 4. The number of halogens is 1. The summed E-state index contributed by atoms with van der Waals surface area (Å²) in [7, 11) is 0. The molecule has 11 nitrogen and oxygen atoms in total. The number of para-hydroxylation sites is 1. The van der Waals surface area contributed by atoms with Crippen molar-refractivity contribution < 1.29 is 74.2 Å². The van der Waals surface area contributed by atoms with Gasteiger partial charge in [-0.1, -0.05) is 62.4 Å². The van der Waals surface area contributed by atoms with Crippen LogP contribution in [0.15, 0.2) is 89.9 Å². The predicted octanol–water partition coefficient (Wildman–Crippen LogP) is 1.97. The number of rotatable bonds is 19. The fourth-order valence-electron chi connectivity index (χ4n) is 6.32. The van der Waals surface area contributed by atoms with Gasteiger partial charge in [0.05, 0.1) is 42.1 Å². The molecule has 0 spiro atoms. The molecule has 53 heavy (non-hydrogen) atoms. The average molecular weight is 740 g/mol. The van der Waals surface area contributed by atoms with Crippen LogP contribution in [0.1, 0.15) is 74.3 Å². The molecule has 0 bridgehead atoms. The molecule has 278 valence electrons. The maximum atomic E-state index is 14.2. The molecular formula is C40H47FN3NaO8. The summed E-state index contributed by atoms with van der Waals surface area (Å²) in [4.78, 5) is 28.7. The monoisotopic (exact) mass is 739 g/mol.